The van der Waals surface area contributed by atoms with Crippen molar-refractivity contribution in [3.05, 3.63) is 71.3 Å². The van der Waals surface area contributed by atoms with Gasteiger partial charge in [-0.15, -0.1) is 0 Å². The molecular weight excluding hydrogens is 324 g/mol. The second-order valence-corrected chi connectivity index (χ2v) is 5.91. The molecule has 0 radical (unpaired) electrons. The zero-order valence-electron chi connectivity index (χ0n) is 12.6. The van der Waals surface area contributed by atoms with Crippen LogP contribution in [0.4, 0.5) is 0 Å². The predicted molar refractivity (Wildman–Crippen MR) is 93.8 cm³/mol. The molecule has 2 aromatic carbocycles. The van der Waals surface area contributed by atoms with Gasteiger partial charge in [-0.05, 0) is 29.2 Å². The summed E-state index contributed by atoms with van der Waals surface area (Å²) >= 11 is 3.55. The Kier molecular flexibility index (Phi) is 6.06. The van der Waals surface area contributed by atoms with E-state index in [2.05, 4.69) is 60.1 Å². The van der Waals surface area contributed by atoms with Gasteiger partial charge in [-0.25, -0.2) is 0 Å². The summed E-state index contributed by atoms with van der Waals surface area (Å²) in [5.41, 5.74) is 3.79. The third kappa shape index (κ3) is 5.05. The Balaban J connectivity index is 1.99. The molecule has 0 bridgehead atoms. The molecule has 2 rings (SSSR count). The molecule has 0 amide bonds. The van der Waals surface area contributed by atoms with E-state index in [0.717, 1.165) is 11.1 Å². The van der Waals surface area contributed by atoms with Gasteiger partial charge in [-0.3, -0.25) is 0 Å². The van der Waals surface area contributed by atoms with Crippen molar-refractivity contribution in [1.29, 1.82) is 0 Å². The van der Waals surface area contributed by atoms with E-state index >= 15 is 0 Å². The Morgan fingerprint density at radius 1 is 1.05 bits per heavy atom. The van der Waals surface area contributed by atoms with Crippen LogP contribution in [0.15, 0.2) is 60.2 Å². The maximum atomic E-state index is 5.80. The fourth-order valence-corrected chi connectivity index (χ4v) is 2.78. The van der Waals surface area contributed by atoms with Crippen molar-refractivity contribution < 1.29 is 4.74 Å². The number of benzene rings is 2. The van der Waals surface area contributed by atoms with Gasteiger partial charge in [0.15, 0.2) is 0 Å². The van der Waals surface area contributed by atoms with Gasteiger partial charge in [0.05, 0.1) is 0 Å². The zero-order valence-corrected chi connectivity index (χ0v) is 14.1. The highest BCUT2D eigenvalue weighted by Gasteiger charge is 2.02. The van der Waals surface area contributed by atoms with Gasteiger partial charge in [-0.1, -0.05) is 83.9 Å². The van der Waals surface area contributed by atoms with Crippen LogP contribution in [-0.4, -0.2) is 5.33 Å². The molecule has 0 aliphatic heterocycles. The standard InChI is InChI=1S/C19H21BrO/c1-15(2)18(13-20)12-16-8-10-19(11-9-16)21-14-17-6-4-3-5-7-17/h3-12,15H,13-14H2,1-2H3. The smallest absolute Gasteiger partial charge is 0.119 e. The molecule has 0 aliphatic rings. The lowest BCUT2D eigenvalue weighted by molar-refractivity contribution is 0.306. The number of halogens is 1. The highest BCUT2D eigenvalue weighted by atomic mass is 79.9. The minimum Gasteiger partial charge on any atom is -0.489 e. The second-order valence-electron chi connectivity index (χ2n) is 5.35. The van der Waals surface area contributed by atoms with Crippen molar-refractivity contribution in [3.63, 3.8) is 0 Å². The van der Waals surface area contributed by atoms with Crippen molar-refractivity contribution in [1.82, 2.24) is 0 Å². The number of ether oxygens (including phenoxy) is 1. The van der Waals surface area contributed by atoms with Crippen molar-refractivity contribution in [2.24, 2.45) is 5.92 Å². The molecule has 0 saturated heterocycles. The third-order valence-electron chi connectivity index (χ3n) is 3.38. The molecule has 0 unspecified atom stereocenters. The number of allylic oxidation sites excluding steroid dienone is 1. The van der Waals surface area contributed by atoms with Crippen molar-refractivity contribution in [2.45, 2.75) is 20.5 Å². The Labute approximate surface area is 135 Å². The van der Waals surface area contributed by atoms with Crippen LogP contribution in [0.1, 0.15) is 25.0 Å². The van der Waals surface area contributed by atoms with Crippen LogP contribution in [0.2, 0.25) is 0 Å². The van der Waals surface area contributed by atoms with E-state index in [1.807, 2.05) is 30.3 Å². The molecular formula is C19H21BrO. The van der Waals surface area contributed by atoms with Crippen LogP contribution < -0.4 is 4.74 Å². The van der Waals surface area contributed by atoms with Crippen LogP contribution in [0.25, 0.3) is 6.08 Å². The van der Waals surface area contributed by atoms with Gasteiger partial charge >= 0.3 is 0 Å². The van der Waals surface area contributed by atoms with Gasteiger partial charge in [0.1, 0.15) is 12.4 Å². The fourth-order valence-electron chi connectivity index (χ4n) is 1.97. The molecule has 21 heavy (non-hydrogen) atoms. The van der Waals surface area contributed by atoms with Crippen LogP contribution in [0.3, 0.4) is 0 Å². The van der Waals surface area contributed by atoms with Crippen LogP contribution in [-0.2, 0) is 6.61 Å². The molecule has 2 aromatic rings. The first-order valence-electron chi connectivity index (χ1n) is 7.22. The topological polar surface area (TPSA) is 9.23 Å². The van der Waals surface area contributed by atoms with E-state index in [9.17, 15) is 0 Å². The molecule has 0 saturated carbocycles. The van der Waals surface area contributed by atoms with Crippen LogP contribution in [0.5, 0.6) is 5.75 Å². The molecule has 0 spiro atoms. The zero-order chi connectivity index (χ0) is 15.1. The van der Waals surface area contributed by atoms with E-state index in [1.54, 1.807) is 0 Å². The average molecular weight is 345 g/mol. The monoisotopic (exact) mass is 344 g/mol. The van der Waals surface area contributed by atoms with Crippen molar-refractivity contribution in [2.75, 3.05) is 5.33 Å². The average Bonchev–Trinajstić information content (AvgIpc) is 2.52. The largest absolute Gasteiger partial charge is 0.489 e. The number of alkyl halides is 1. The number of hydrogen-bond acceptors (Lipinski definition) is 1. The molecule has 0 N–H and O–H groups in total. The maximum absolute atomic E-state index is 5.80. The minimum absolute atomic E-state index is 0.554. The molecule has 0 aromatic heterocycles. The lowest BCUT2D eigenvalue weighted by atomic mass is 10.0. The van der Waals surface area contributed by atoms with Gasteiger partial charge < -0.3 is 4.74 Å². The highest BCUT2D eigenvalue weighted by Crippen LogP contribution is 2.19. The molecule has 0 heterocycles. The Morgan fingerprint density at radius 2 is 1.71 bits per heavy atom. The molecule has 0 atom stereocenters. The van der Waals surface area contributed by atoms with Crippen LogP contribution >= 0.6 is 15.9 Å². The summed E-state index contributed by atoms with van der Waals surface area (Å²) in [6, 6.07) is 18.5. The fraction of sp³-hybridized carbons (Fsp3) is 0.263. The van der Waals surface area contributed by atoms with E-state index in [0.29, 0.717) is 12.5 Å². The SMILES string of the molecule is CC(C)C(=Cc1ccc(OCc2ccccc2)cc1)CBr. The van der Waals surface area contributed by atoms with E-state index < -0.39 is 0 Å². The second kappa shape index (κ2) is 8.04. The lowest BCUT2D eigenvalue weighted by Crippen LogP contribution is -1.96. The third-order valence-corrected chi connectivity index (χ3v) is 4.02. The first-order chi connectivity index (χ1) is 10.2. The Hall–Kier alpha value is -1.54. The summed E-state index contributed by atoms with van der Waals surface area (Å²) in [6.45, 7) is 5.03. The number of rotatable bonds is 6. The van der Waals surface area contributed by atoms with Gasteiger partial charge in [0.25, 0.3) is 0 Å². The highest BCUT2D eigenvalue weighted by molar-refractivity contribution is 9.09. The van der Waals surface area contributed by atoms with Crippen molar-refractivity contribution in [3.8, 4) is 5.75 Å². The summed E-state index contributed by atoms with van der Waals surface area (Å²) in [5, 5.41) is 0.914. The van der Waals surface area contributed by atoms with E-state index in [1.165, 1.54) is 16.7 Å². The molecule has 0 fully saturated rings. The summed E-state index contributed by atoms with van der Waals surface area (Å²) in [7, 11) is 0. The van der Waals surface area contributed by atoms with E-state index in [-0.39, 0.29) is 0 Å². The summed E-state index contributed by atoms with van der Waals surface area (Å²) in [5.74, 6) is 1.46. The molecule has 0 aliphatic carbocycles. The predicted octanol–water partition coefficient (Wildman–Crippen LogP) is 5.70. The van der Waals surface area contributed by atoms with Gasteiger partial charge in [0, 0.05) is 5.33 Å². The normalized spacial score (nSPS) is 11.7. The van der Waals surface area contributed by atoms with E-state index in [4.69, 9.17) is 4.74 Å². The minimum atomic E-state index is 0.554. The summed E-state index contributed by atoms with van der Waals surface area (Å²) < 4.78 is 5.80. The maximum Gasteiger partial charge on any atom is 0.119 e. The Morgan fingerprint density at radius 3 is 2.29 bits per heavy atom. The Bertz CT molecular complexity index is 570. The first-order valence-corrected chi connectivity index (χ1v) is 8.34. The lowest BCUT2D eigenvalue weighted by Gasteiger charge is -2.09. The van der Waals surface area contributed by atoms with Crippen molar-refractivity contribution >= 4 is 22.0 Å². The molecule has 1 nitrogen and oxygen atoms in total. The van der Waals surface area contributed by atoms with Gasteiger partial charge in [-0.2, -0.15) is 0 Å². The van der Waals surface area contributed by atoms with Crippen LogP contribution in [0, 0.1) is 5.92 Å². The molecule has 2 heteroatoms. The summed E-state index contributed by atoms with van der Waals surface area (Å²) in [6.07, 6.45) is 2.24. The molecule has 110 valence electrons. The quantitative estimate of drug-likeness (QED) is 0.610. The van der Waals surface area contributed by atoms with Gasteiger partial charge in [0.2, 0.25) is 0 Å². The summed E-state index contributed by atoms with van der Waals surface area (Å²) in [4.78, 5) is 0. The number of hydrogen-bond donors (Lipinski definition) is 0. The first kappa shape index (κ1) is 15.8.